The van der Waals surface area contributed by atoms with Gasteiger partial charge in [-0.3, -0.25) is 9.48 Å². The van der Waals surface area contributed by atoms with Gasteiger partial charge in [-0.15, -0.1) is 0 Å². The SMILES string of the molecule is CCn1cc(N[C@@H](C)CC(=O)Nc2ccc(F)cc2)cn1. The van der Waals surface area contributed by atoms with Crippen molar-refractivity contribution < 1.29 is 9.18 Å². The highest BCUT2D eigenvalue weighted by Crippen LogP contribution is 2.11. The number of hydrogen-bond acceptors (Lipinski definition) is 3. The predicted octanol–water partition coefficient (Wildman–Crippen LogP) is 2.87. The zero-order chi connectivity index (χ0) is 15.2. The molecule has 0 fully saturated rings. The third kappa shape index (κ3) is 4.59. The first-order valence-electron chi connectivity index (χ1n) is 6.91. The maximum Gasteiger partial charge on any atom is 0.226 e. The monoisotopic (exact) mass is 290 g/mol. The molecule has 112 valence electrons. The lowest BCUT2D eigenvalue weighted by molar-refractivity contribution is -0.116. The van der Waals surface area contributed by atoms with Crippen molar-refractivity contribution in [3.05, 3.63) is 42.5 Å². The lowest BCUT2D eigenvalue weighted by atomic mass is 10.2. The third-order valence-corrected chi connectivity index (χ3v) is 2.99. The van der Waals surface area contributed by atoms with Crippen molar-refractivity contribution in [2.75, 3.05) is 10.6 Å². The fraction of sp³-hybridized carbons (Fsp3) is 0.333. The van der Waals surface area contributed by atoms with Crippen molar-refractivity contribution in [3.8, 4) is 0 Å². The molecule has 0 saturated carbocycles. The molecule has 0 spiro atoms. The molecule has 1 aromatic heterocycles. The maximum atomic E-state index is 12.8. The zero-order valence-electron chi connectivity index (χ0n) is 12.1. The Hall–Kier alpha value is -2.37. The fourth-order valence-electron chi connectivity index (χ4n) is 1.97. The summed E-state index contributed by atoms with van der Waals surface area (Å²) in [7, 11) is 0. The normalized spacial score (nSPS) is 12.0. The topological polar surface area (TPSA) is 59.0 Å². The molecule has 0 saturated heterocycles. The van der Waals surface area contributed by atoms with Crippen LogP contribution in [0.3, 0.4) is 0 Å². The minimum atomic E-state index is -0.323. The van der Waals surface area contributed by atoms with E-state index >= 15 is 0 Å². The van der Waals surface area contributed by atoms with E-state index in [1.54, 1.807) is 6.20 Å². The van der Waals surface area contributed by atoms with Crippen LogP contribution in [0.1, 0.15) is 20.3 Å². The van der Waals surface area contributed by atoms with Gasteiger partial charge in [-0.1, -0.05) is 0 Å². The van der Waals surface area contributed by atoms with Crippen molar-refractivity contribution in [1.29, 1.82) is 0 Å². The van der Waals surface area contributed by atoms with Crippen LogP contribution in [0.25, 0.3) is 0 Å². The Morgan fingerprint density at radius 2 is 2.05 bits per heavy atom. The highest BCUT2D eigenvalue weighted by molar-refractivity contribution is 5.91. The molecule has 0 unspecified atom stereocenters. The molecule has 2 aromatic rings. The van der Waals surface area contributed by atoms with Crippen LogP contribution in [0.15, 0.2) is 36.7 Å². The van der Waals surface area contributed by atoms with E-state index in [1.807, 2.05) is 24.7 Å². The summed E-state index contributed by atoms with van der Waals surface area (Å²) in [4.78, 5) is 11.9. The molecule has 2 rings (SSSR count). The average molecular weight is 290 g/mol. The van der Waals surface area contributed by atoms with Crippen molar-refractivity contribution in [3.63, 3.8) is 0 Å². The minimum absolute atomic E-state index is 0.0278. The van der Waals surface area contributed by atoms with Crippen LogP contribution in [0.5, 0.6) is 0 Å². The molecule has 5 nitrogen and oxygen atoms in total. The van der Waals surface area contributed by atoms with E-state index < -0.39 is 0 Å². The van der Waals surface area contributed by atoms with Crippen LogP contribution in [-0.2, 0) is 11.3 Å². The zero-order valence-corrected chi connectivity index (χ0v) is 12.1. The number of halogens is 1. The standard InChI is InChI=1S/C15H19FN4O/c1-3-20-10-14(9-17-20)18-11(2)8-15(21)19-13-6-4-12(16)5-7-13/h4-7,9-11,18H,3,8H2,1-2H3,(H,19,21)/t11-/m0/s1. The number of carbonyl (C=O) groups is 1. The molecular formula is C15H19FN4O. The molecule has 0 aliphatic rings. The molecule has 0 aliphatic carbocycles. The van der Waals surface area contributed by atoms with E-state index in [0.717, 1.165) is 12.2 Å². The van der Waals surface area contributed by atoms with Crippen LogP contribution in [0.2, 0.25) is 0 Å². The Morgan fingerprint density at radius 3 is 2.67 bits per heavy atom. The highest BCUT2D eigenvalue weighted by Gasteiger charge is 2.10. The second kappa shape index (κ2) is 6.88. The van der Waals surface area contributed by atoms with Crippen LogP contribution < -0.4 is 10.6 Å². The van der Waals surface area contributed by atoms with E-state index in [4.69, 9.17) is 0 Å². The molecule has 0 bridgehead atoms. The van der Waals surface area contributed by atoms with Gasteiger partial charge in [-0.05, 0) is 38.1 Å². The lowest BCUT2D eigenvalue weighted by Crippen LogP contribution is -2.23. The summed E-state index contributed by atoms with van der Waals surface area (Å²) < 4.78 is 14.6. The second-order valence-corrected chi connectivity index (χ2v) is 4.89. The number of rotatable bonds is 6. The van der Waals surface area contributed by atoms with Gasteiger partial charge in [0.25, 0.3) is 0 Å². The summed E-state index contributed by atoms with van der Waals surface area (Å²) in [5.74, 6) is -0.444. The van der Waals surface area contributed by atoms with Gasteiger partial charge in [-0.25, -0.2) is 4.39 Å². The number of aromatic nitrogens is 2. The third-order valence-electron chi connectivity index (χ3n) is 2.99. The first kappa shape index (κ1) is 15.0. The Labute approximate surface area is 123 Å². The van der Waals surface area contributed by atoms with E-state index in [2.05, 4.69) is 15.7 Å². The van der Waals surface area contributed by atoms with E-state index in [1.165, 1.54) is 24.3 Å². The van der Waals surface area contributed by atoms with Crippen molar-refractivity contribution >= 4 is 17.3 Å². The van der Waals surface area contributed by atoms with Crippen LogP contribution in [-0.4, -0.2) is 21.7 Å². The first-order chi connectivity index (χ1) is 10.1. The van der Waals surface area contributed by atoms with Crippen LogP contribution >= 0.6 is 0 Å². The predicted molar refractivity (Wildman–Crippen MR) is 80.6 cm³/mol. The molecule has 0 radical (unpaired) electrons. The summed E-state index contributed by atoms with van der Waals surface area (Å²) in [6.45, 7) is 4.74. The smallest absolute Gasteiger partial charge is 0.226 e. The molecule has 1 amide bonds. The maximum absolute atomic E-state index is 12.8. The van der Waals surface area contributed by atoms with Gasteiger partial charge in [-0.2, -0.15) is 5.10 Å². The summed E-state index contributed by atoms with van der Waals surface area (Å²) in [6, 6.07) is 5.68. The van der Waals surface area contributed by atoms with Gasteiger partial charge in [0.15, 0.2) is 0 Å². The van der Waals surface area contributed by atoms with Gasteiger partial charge in [0, 0.05) is 30.9 Å². The van der Waals surface area contributed by atoms with E-state index in [9.17, 15) is 9.18 Å². The van der Waals surface area contributed by atoms with Gasteiger partial charge in [0.1, 0.15) is 5.82 Å². The van der Waals surface area contributed by atoms with Crippen LogP contribution in [0.4, 0.5) is 15.8 Å². The fourth-order valence-corrected chi connectivity index (χ4v) is 1.97. The number of aryl methyl sites for hydroxylation is 1. The van der Waals surface area contributed by atoms with Gasteiger partial charge in [0.2, 0.25) is 5.91 Å². The first-order valence-corrected chi connectivity index (χ1v) is 6.91. The Kier molecular flexibility index (Phi) is 4.92. The molecule has 1 aromatic carbocycles. The molecule has 6 heteroatoms. The van der Waals surface area contributed by atoms with Crippen LogP contribution in [0, 0.1) is 5.82 Å². The van der Waals surface area contributed by atoms with Gasteiger partial charge >= 0.3 is 0 Å². The second-order valence-electron chi connectivity index (χ2n) is 4.89. The van der Waals surface area contributed by atoms with Crippen molar-refractivity contribution in [2.45, 2.75) is 32.9 Å². The van der Waals surface area contributed by atoms with E-state index in [-0.39, 0.29) is 17.8 Å². The van der Waals surface area contributed by atoms with Gasteiger partial charge < -0.3 is 10.6 Å². The summed E-state index contributed by atoms with van der Waals surface area (Å²) in [5.41, 5.74) is 1.48. The molecule has 21 heavy (non-hydrogen) atoms. The summed E-state index contributed by atoms with van der Waals surface area (Å²) >= 11 is 0. The molecule has 1 atom stereocenters. The number of nitrogens with one attached hydrogen (secondary N) is 2. The van der Waals surface area contributed by atoms with Crippen molar-refractivity contribution in [2.24, 2.45) is 0 Å². The Bertz CT molecular complexity index is 594. The van der Waals surface area contributed by atoms with E-state index in [0.29, 0.717) is 12.1 Å². The largest absolute Gasteiger partial charge is 0.380 e. The van der Waals surface area contributed by atoms with Gasteiger partial charge in [0.05, 0.1) is 11.9 Å². The Morgan fingerprint density at radius 1 is 1.33 bits per heavy atom. The molecule has 0 aliphatic heterocycles. The number of carbonyl (C=O) groups excluding carboxylic acids is 1. The Balaban J connectivity index is 1.82. The van der Waals surface area contributed by atoms with Crippen molar-refractivity contribution in [1.82, 2.24) is 9.78 Å². The molecule has 2 N–H and O–H groups in total. The summed E-state index contributed by atoms with van der Waals surface area (Å²) in [6.07, 6.45) is 3.95. The number of amides is 1. The minimum Gasteiger partial charge on any atom is -0.380 e. The number of anilines is 2. The number of hydrogen-bond donors (Lipinski definition) is 2. The number of benzene rings is 1. The average Bonchev–Trinajstić information content (AvgIpc) is 2.88. The molecular weight excluding hydrogens is 271 g/mol. The highest BCUT2D eigenvalue weighted by atomic mass is 19.1. The summed E-state index contributed by atoms with van der Waals surface area (Å²) in [5, 5.41) is 10.1. The molecule has 1 heterocycles. The quantitative estimate of drug-likeness (QED) is 0.860. The number of nitrogens with zero attached hydrogens (tertiary/aromatic N) is 2. The lowest BCUT2D eigenvalue weighted by Gasteiger charge is -2.13.